The number of aliphatic imine (C=N–C) groups is 1. The zero-order valence-corrected chi connectivity index (χ0v) is 20.1. The van der Waals surface area contributed by atoms with Crippen LogP contribution in [0, 0.1) is 5.92 Å². The van der Waals surface area contributed by atoms with Crippen LogP contribution in [0.2, 0.25) is 0 Å². The van der Waals surface area contributed by atoms with Gasteiger partial charge in [-0.25, -0.2) is 4.98 Å². The second kappa shape index (κ2) is 10.9. The number of halogens is 1. The summed E-state index contributed by atoms with van der Waals surface area (Å²) >= 11 is 1.66. The van der Waals surface area contributed by atoms with Crippen LogP contribution in [0.3, 0.4) is 0 Å². The van der Waals surface area contributed by atoms with E-state index < -0.39 is 0 Å². The van der Waals surface area contributed by atoms with Gasteiger partial charge in [0, 0.05) is 52.3 Å². The van der Waals surface area contributed by atoms with Gasteiger partial charge in [0.1, 0.15) is 11.1 Å². The van der Waals surface area contributed by atoms with Crippen molar-refractivity contribution in [1.29, 1.82) is 0 Å². The van der Waals surface area contributed by atoms with Crippen LogP contribution in [0.25, 0.3) is 0 Å². The molecule has 0 bridgehead atoms. The van der Waals surface area contributed by atoms with Crippen LogP contribution >= 0.6 is 35.3 Å². The van der Waals surface area contributed by atoms with E-state index >= 15 is 0 Å². The molecule has 1 heterocycles. The topological polar surface area (TPSA) is 53.0 Å². The minimum absolute atomic E-state index is 0. The molecule has 0 spiro atoms. The summed E-state index contributed by atoms with van der Waals surface area (Å²) in [5.41, 5.74) is 1.06. The molecule has 0 saturated heterocycles. The summed E-state index contributed by atoms with van der Waals surface area (Å²) in [5.74, 6) is 1.90. The Bertz CT molecular complexity index is 603. The van der Waals surface area contributed by atoms with Crippen molar-refractivity contribution in [3.05, 3.63) is 16.1 Å². The Balaban J connectivity index is 0.00000261. The molecule has 0 aromatic carbocycles. The van der Waals surface area contributed by atoms with Gasteiger partial charge < -0.3 is 15.0 Å². The summed E-state index contributed by atoms with van der Waals surface area (Å²) in [6.07, 6.45) is 5.67. The van der Waals surface area contributed by atoms with E-state index in [0.29, 0.717) is 0 Å². The third kappa shape index (κ3) is 7.14. The van der Waals surface area contributed by atoms with Gasteiger partial charge in [-0.1, -0.05) is 0 Å². The first-order valence-electron chi connectivity index (χ1n) is 9.73. The maximum atomic E-state index is 5.35. The molecule has 1 aromatic heterocycles. The number of nitrogens with one attached hydrogen (secondary N) is 1. The molecule has 2 aliphatic rings. The molecule has 0 radical (unpaired) electrons. The number of rotatable bonds is 10. The maximum Gasteiger partial charge on any atom is 0.193 e. The van der Waals surface area contributed by atoms with Crippen LogP contribution in [-0.2, 0) is 11.3 Å². The van der Waals surface area contributed by atoms with E-state index in [1.807, 2.05) is 14.0 Å². The van der Waals surface area contributed by atoms with Crippen molar-refractivity contribution >= 4 is 41.3 Å². The lowest BCUT2D eigenvalue weighted by molar-refractivity contribution is 0.119. The molecule has 3 rings (SSSR count). The number of hydrogen-bond acceptors (Lipinski definition) is 5. The highest BCUT2D eigenvalue weighted by atomic mass is 127. The molecular weight excluding hydrogens is 473 g/mol. The number of hydrogen-bond donors (Lipinski definition) is 1. The molecule has 0 aliphatic heterocycles. The summed E-state index contributed by atoms with van der Waals surface area (Å²) in [4.78, 5) is 13.9. The number of guanidine groups is 1. The Morgan fingerprint density at radius 2 is 2.15 bits per heavy atom. The lowest BCUT2D eigenvalue weighted by Gasteiger charge is -2.25. The monoisotopic (exact) mass is 507 g/mol. The normalized spacial score (nSPS) is 18.3. The molecule has 2 saturated carbocycles. The Hall–Kier alpha value is -0.450. The summed E-state index contributed by atoms with van der Waals surface area (Å²) < 4.78 is 5.35. The Morgan fingerprint density at radius 1 is 1.41 bits per heavy atom. The van der Waals surface area contributed by atoms with Crippen molar-refractivity contribution in [3.63, 3.8) is 0 Å². The van der Waals surface area contributed by atoms with E-state index in [1.54, 1.807) is 18.4 Å². The smallest absolute Gasteiger partial charge is 0.193 e. The van der Waals surface area contributed by atoms with Gasteiger partial charge >= 0.3 is 0 Å². The van der Waals surface area contributed by atoms with Crippen LogP contribution in [0.5, 0.6) is 0 Å². The summed E-state index contributed by atoms with van der Waals surface area (Å²) in [7, 11) is 5.63. The van der Waals surface area contributed by atoms with E-state index in [2.05, 4.69) is 37.5 Å². The van der Waals surface area contributed by atoms with Crippen molar-refractivity contribution in [2.45, 2.75) is 51.3 Å². The number of aromatic nitrogens is 1. The van der Waals surface area contributed by atoms with E-state index in [-0.39, 0.29) is 30.1 Å². The maximum absolute atomic E-state index is 5.35. The first kappa shape index (κ1) is 22.8. The lowest BCUT2D eigenvalue weighted by Crippen LogP contribution is -2.43. The van der Waals surface area contributed by atoms with Crippen molar-refractivity contribution in [1.82, 2.24) is 20.1 Å². The number of thiazole rings is 1. The van der Waals surface area contributed by atoms with Crippen molar-refractivity contribution in [2.75, 3.05) is 40.8 Å². The Kier molecular flexibility index (Phi) is 9.24. The van der Waals surface area contributed by atoms with Gasteiger partial charge in [0.25, 0.3) is 0 Å². The van der Waals surface area contributed by atoms with Crippen LogP contribution in [-0.4, -0.2) is 67.6 Å². The van der Waals surface area contributed by atoms with E-state index in [4.69, 9.17) is 4.74 Å². The Morgan fingerprint density at radius 3 is 2.74 bits per heavy atom. The SMILES string of the molecule is CN=C(NCCN(CC1CC1)C1CC1)N(C)Cc1csc(C(C)OC)n1.I. The fourth-order valence-corrected chi connectivity index (χ4v) is 4.03. The second-order valence-corrected chi connectivity index (χ2v) is 8.44. The zero-order chi connectivity index (χ0) is 18.5. The molecule has 0 amide bonds. The van der Waals surface area contributed by atoms with Crippen LogP contribution < -0.4 is 5.32 Å². The lowest BCUT2D eigenvalue weighted by atomic mass is 10.3. The Labute approximate surface area is 184 Å². The van der Waals surface area contributed by atoms with Crippen molar-refractivity contribution in [3.8, 4) is 0 Å². The molecule has 2 aliphatic carbocycles. The van der Waals surface area contributed by atoms with E-state index in [9.17, 15) is 0 Å². The minimum Gasteiger partial charge on any atom is -0.375 e. The average molecular weight is 507 g/mol. The van der Waals surface area contributed by atoms with Gasteiger partial charge in [-0.05, 0) is 38.5 Å². The zero-order valence-electron chi connectivity index (χ0n) is 17.0. The highest BCUT2D eigenvalue weighted by molar-refractivity contribution is 14.0. The summed E-state index contributed by atoms with van der Waals surface area (Å²) in [6, 6.07) is 0.841. The molecule has 27 heavy (non-hydrogen) atoms. The van der Waals surface area contributed by atoms with Crippen molar-refractivity contribution < 1.29 is 4.74 Å². The molecular formula is C19H34IN5OS. The molecule has 1 atom stereocenters. The third-order valence-corrected chi connectivity index (χ3v) is 6.23. The van der Waals surface area contributed by atoms with Gasteiger partial charge in [-0.3, -0.25) is 9.89 Å². The summed E-state index contributed by atoms with van der Waals surface area (Å²) in [6.45, 7) is 6.13. The molecule has 154 valence electrons. The van der Waals surface area contributed by atoms with Gasteiger partial charge in [0.2, 0.25) is 0 Å². The first-order chi connectivity index (χ1) is 12.6. The average Bonchev–Trinajstić information content (AvgIpc) is 3.56. The predicted molar refractivity (Wildman–Crippen MR) is 123 cm³/mol. The van der Waals surface area contributed by atoms with E-state index in [1.165, 1.54) is 32.2 Å². The molecule has 1 aromatic rings. The molecule has 6 nitrogen and oxygen atoms in total. The van der Waals surface area contributed by atoms with Crippen LogP contribution in [0.15, 0.2) is 10.4 Å². The quantitative estimate of drug-likeness (QED) is 0.299. The van der Waals surface area contributed by atoms with E-state index in [0.717, 1.165) is 48.3 Å². The first-order valence-corrected chi connectivity index (χ1v) is 10.6. The molecule has 8 heteroatoms. The molecule has 2 fully saturated rings. The van der Waals surface area contributed by atoms with Crippen LogP contribution in [0.1, 0.15) is 49.4 Å². The number of ether oxygens (including phenoxy) is 1. The largest absolute Gasteiger partial charge is 0.375 e. The van der Waals surface area contributed by atoms with Gasteiger partial charge in [0.05, 0.1) is 12.2 Å². The molecule has 1 N–H and O–H groups in total. The molecule has 1 unspecified atom stereocenters. The van der Waals surface area contributed by atoms with Gasteiger partial charge in [0.15, 0.2) is 5.96 Å². The van der Waals surface area contributed by atoms with Crippen LogP contribution in [0.4, 0.5) is 0 Å². The fraction of sp³-hybridized carbons (Fsp3) is 0.789. The minimum atomic E-state index is 0. The van der Waals surface area contributed by atoms with Crippen molar-refractivity contribution in [2.24, 2.45) is 10.9 Å². The predicted octanol–water partition coefficient (Wildman–Crippen LogP) is 3.35. The second-order valence-electron chi connectivity index (χ2n) is 7.55. The standard InChI is InChI=1S/C19H33N5OS.HI/c1-14(25-4)18-22-16(13-26-18)12-23(3)19(20-2)21-9-10-24(17-7-8-17)11-15-5-6-15;/h13-15,17H,5-12H2,1-4H3,(H,20,21);1H. The summed E-state index contributed by atoms with van der Waals surface area (Å²) in [5, 5.41) is 6.66. The third-order valence-electron chi connectivity index (χ3n) is 5.18. The van der Waals surface area contributed by atoms with Gasteiger partial charge in [-0.15, -0.1) is 35.3 Å². The van der Waals surface area contributed by atoms with Gasteiger partial charge in [-0.2, -0.15) is 0 Å². The number of nitrogens with zero attached hydrogens (tertiary/aromatic N) is 4. The number of methoxy groups -OCH3 is 1. The highest BCUT2D eigenvalue weighted by Gasteiger charge is 2.33. The fourth-order valence-electron chi connectivity index (χ4n) is 3.19. The highest BCUT2D eigenvalue weighted by Crippen LogP contribution is 2.34.